The Morgan fingerprint density at radius 1 is 0.968 bits per heavy atom. The quantitative estimate of drug-likeness (QED) is 0.727. The first kappa shape index (κ1) is 21.2. The first-order valence-electron chi connectivity index (χ1n) is 11.1. The molecule has 0 unspecified atom stereocenters. The smallest absolute Gasteiger partial charge is 0.253 e. The van der Waals surface area contributed by atoms with Crippen LogP contribution in [-0.4, -0.2) is 43.0 Å². The molecular formula is C25H30N2O4. The predicted octanol–water partition coefficient (Wildman–Crippen LogP) is 4.18. The molecule has 2 aliphatic rings. The largest absolute Gasteiger partial charge is 0.493 e. The molecule has 1 saturated carbocycles. The number of amides is 2. The van der Waals surface area contributed by atoms with Gasteiger partial charge in [0.25, 0.3) is 11.8 Å². The van der Waals surface area contributed by atoms with Crippen LogP contribution < -0.4 is 14.8 Å². The molecule has 2 aromatic carbocycles. The Morgan fingerprint density at radius 2 is 1.74 bits per heavy atom. The Labute approximate surface area is 183 Å². The molecule has 164 valence electrons. The van der Waals surface area contributed by atoms with Crippen LogP contribution in [0.3, 0.4) is 0 Å². The summed E-state index contributed by atoms with van der Waals surface area (Å²) in [5.41, 5.74) is 2.08. The van der Waals surface area contributed by atoms with Crippen LogP contribution in [0, 0.1) is 0 Å². The van der Waals surface area contributed by atoms with Crippen molar-refractivity contribution in [3.63, 3.8) is 0 Å². The molecule has 0 spiro atoms. The van der Waals surface area contributed by atoms with Crippen molar-refractivity contribution >= 4 is 11.8 Å². The molecule has 0 bridgehead atoms. The predicted molar refractivity (Wildman–Crippen MR) is 119 cm³/mol. The molecule has 1 N–H and O–H groups in total. The molecular weight excluding hydrogens is 392 g/mol. The fourth-order valence-electron chi connectivity index (χ4n) is 4.29. The van der Waals surface area contributed by atoms with Gasteiger partial charge in [0.1, 0.15) is 0 Å². The van der Waals surface area contributed by atoms with Gasteiger partial charge in [0.05, 0.1) is 13.2 Å². The van der Waals surface area contributed by atoms with Gasteiger partial charge in [-0.2, -0.15) is 0 Å². The van der Waals surface area contributed by atoms with Gasteiger partial charge in [-0.25, -0.2) is 0 Å². The lowest BCUT2D eigenvalue weighted by molar-refractivity contribution is 0.0792. The third-order valence-electron chi connectivity index (χ3n) is 6.04. The highest BCUT2D eigenvalue weighted by Crippen LogP contribution is 2.32. The van der Waals surface area contributed by atoms with Gasteiger partial charge >= 0.3 is 0 Å². The Bertz CT molecular complexity index is 931. The van der Waals surface area contributed by atoms with E-state index < -0.39 is 0 Å². The van der Waals surface area contributed by atoms with E-state index in [4.69, 9.17) is 9.47 Å². The first-order valence-corrected chi connectivity index (χ1v) is 11.1. The zero-order chi connectivity index (χ0) is 21.6. The second-order valence-electron chi connectivity index (χ2n) is 8.27. The van der Waals surface area contributed by atoms with Crippen molar-refractivity contribution in [2.75, 3.05) is 20.2 Å². The van der Waals surface area contributed by atoms with Crippen LogP contribution in [0.5, 0.6) is 11.5 Å². The van der Waals surface area contributed by atoms with Crippen molar-refractivity contribution in [2.24, 2.45) is 0 Å². The number of nitrogens with one attached hydrogen (secondary N) is 1. The Hall–Kier alpha value is -3.02. The summed E-state index contributed by atoms with van der Waals surface area (Å²) in [6, 6.07) is 12.8. The third kappa shape index (κ3) is 5.19. The maximum Gasteiger partial charge on any atom is 0.253 e. The Kier molecular flexibility index (Phi) is 6.75. The van der Waals surface area contributed by atoms with Crippen molar-refractivity contribution in [2.45, 2.75) is 51.2 Å². The molecule has 1 saturated heterocycles. The number of hydrogen-bond acceptors (Lipinski definition) is 4. The van der Waals surface area contributed by atoms with Gasteiger partial charge in [-0.05, 0) is 74.4 Å². The molecule has 2 aromatic rings. The number of carbonyl (C=O) groups is 2. The Morgan fingerprint density at radius 3 is 2.48 bits per heavy atom. The summed E-state index contributed by atoms with van der Waals surface area (Å²) in [6.45, 7) is 1.99. The number of rotatable bonds is 7. The molecule has 1 aliphatic heterocycles. The molecule has 31 heavy (non-hydrogen) atoms. The van der Waals surface area contributed by atoms with Crippen molar-refractivity contribution in [1.82, 2.24) is 10.2 Å². The third-order valence-corrected chi connectivity index (χ3v) is 6.04. The molecule has 2 amide bonds. The average Bonchev–Trinajstić information content (AvgIpc) is 3.52. The fourth-order valence-corrected chi connectivity index (χ4v) is 4.29. The van der Waals surface area contributed by atoms with E-state index in [2.05, 4.69) is 5.32 Å². The minimum atomic E-state index is -0.193. The second kappa shape index (κ2) is 9.86. The van der Waals surface area contributed by atoms with Crippen LogP contribution in [0.1, 0.15) is 64.8 Å². The van der Waals surface area contributed by atoms with E-state index in [1.807, 2.05) is 29.2 Å². The number of methoxy groups -OCH3 is 1. The van der Waals surface area contributed by atoms with Crippen molar-refractivity contribution in [3.8, 4) is 11.5 Å². The maximum absolute atomic E-state index is 12.7. The van der Waals surface area contributed by atoms with Gasteiger partial charge in [-0.1, -0.05) is 12.1 Å². The normalized spacial score (nSPS) is 16.4. The molecule has 2 fully saturated rings. The molecule has 1 heterocycles. The molecule has 0 radical (unpaired) electrons. The average molecular weight is 423 g/mol. The van der Waals surface area contributed by atoms with E-state index in [0.717, 1.165) is 44.3 Å². The number of hydrogen-bond donors (Lipinski definition) is 1. The first-order chi connectivity index (χ1) is 15.1. The number of benzene rings is 2. The molecule has 1 aliphatic carbocycles. The highest BCUT2D eigenvalue weighted by Gasteiger charge is 2.21. The van der Waals surface area contributed by atoms with Crippen molar-refractivity contribution in [3.05, 3.63) is 59.2 Å². The van der Waals surface area contributed by atoms with Gasteiger partial charge < -0.3 is 19.7 Å². The van der Waals surface area contributed by atoms with Gasteiger partial charge in [-0.3, -0.25) is 9.59 Å². The number of likely N-dealkylation sites (tertiary alicyclic amines) is 1. The standard InChI is InChI=1S/C25H30N2O4/c1-30-23-16-19(11-12-22(23)31-21-9-2-3-10-21)24(28)26-17-18-7-6-8-20(15-18)25(29)27-13-4-5-14-27/h6-8,11-12,15-16,21H,2-5,9-10,13-14,17H2,1H3,(H,26,28). The van der Waals surface area contributed by atoms with Gasteiger partial charge in [0.15, 0.2) is 11.5 Å². The lowest BCUT2D eigenvalue weighted by Crippen LogP contribution is -2.28. The summed E-state index contributed by atoms with van der Waals surface area (Å²) < 4.78 is 11.5. The van der Waals surface area contributed by atoms with E-state index in [0.29, 0.717) is 29.2 Å². The molecule has 6 nitrogen and oxygen atoms in total. The number of nitrogens with zero attached hydrogens (tertiary/aromatic N) is 1. The summed E-state index contributed by atoms with van der Waals surface area (Å²) in [4.78, 5) is 27.2. The van der Waals surface area contributed by atoms with Crippen LogP contribution in [0.25, 0.3) is 0 Å². The van der Waals surface area contributed by atoms with Crippen LogP contribution in [0.15, 0.2) is 42.5 Å². The molecule has 6 heteroatoms. The van der Waals surface area contributed by atoms with Crippen LogP contribution >= 0.6 is 0 Å². The van der Waals surface area contributed by atoms with Gasteiger partial charge in [-0.15, -0.1) is 0 Å². The summed E-state index contributed by atoms with van der Waals surface area (Å²) in [5.74, 6) is 1.12. The van der Waals surface area contributed by atoms with Crippen molar-refractivity contribution < 1.29 is 19.1 Å². The van der Waals surface area contributed by atoms with Crippen LogP contribution in [-0.2, 0) is 6.54 Å². The van der Waals surface area contributed by atoms with Crippen molar-refractivity contribution in [1.29, 1.82) is 0 Å². The number of carbonyl (C=O) groups excluding carboxylic acids is 2. The minimum Gasteiger partial charge on any atom is -0.493 e. The fraction of sp³-hybridized carbons (Fsp3) is 0.440. The monoisotopic (exact) mass is 422 g/mol. The highest BCUT2D eigenvalue weighted by molar-refractivity contribution is 5.95. The molecule has 0 aromatic heterocycles. The lowest BCUT2D eigenvalue weighted by Gasteiger charge is -2.17. The lowest BCUT2D eigenvalue weighted by atomic mass is 10.1. The zero-order valence-corrected chi connectivity index (χ0v) is 18.1. The summed E-state index contributed by atoms with van der Waals surface area (Å²) >= 11 is 0. The Balaban J connectivity index is 1.38. The SMILES string of the molecule is COc1cc(C(=O)NCc2cccc(C(=O)N3CCCC3)c2)ccc1OC1CCCC1. The van der Waals surface area contributed by atoms with Gasteiger partial charge in [0.2, 0.25) is 0 Å². The molecule has 0 atom stereocenters. The summed E-state index contributed by atoms with van der Waals surface area (Å²) in [5, 5.41) is 2.93. The number of ether oxygens (including phenoxy) is 2. The second-order valence-corrected chi connectivity index (χ2v) is 8.27. The van der Waals surface area contributed by atoms with Crippen LogP contribution in [0.4, 0.5) is 0 Å². The van der Waals surface area contributed by atoms with E-state index in [1.165, 1.54) is 12.8 Å². The summed E-state index contributed by atoms with van der Waals surface area (Å²) in [7, 11) is 1.58. The molecule has 4 rings (SSSR count). The zero-order valence-electron chi connectivity index (χ0n) is 18.1. The minimum absolute atomic E-state index is 0.0632. The van der Waals surface area contributed by atoms with E-state index in [1.54, 1.807) is 25.3 Å². The van der Waals surface area contributed by atoms with Crippen LogP contribution in [0.2, 0.25) is 0 Å². The van der Waals surface area contributed by atoms with E-state index in [-0.39, 0.29) is 17.9 Å². The van der Waals surface area contributed by atoms with E-state index in [9.17, 15) is 9.59 Å². The maximum atomic E-state index is 12.7. The summed E-state index contributed by atoms with van der Waals surface area (Å²) in [6.07, 6.45) is 6.86. The topological polar surface area (TPSA) is 67.9 Å². The highest BCUT2D eigenvalue weighted by atomic mass is 16.5. The van der Waals surface area contributed by atoms with E-state index >= 15 is 0 Å². The van der Waals surface area contributed by atoms with Gasteiger partial charge in [0, 0.05) is 30.8 Å².